The lowest BCUT2D eigenvalue weighted by molar-refractivity contribution is -0.141. The molecular weight excluding hydrogens is 479 g/mol. The van der Waals surface area contributed by atoms with Crippen LogP contribution in [0.25, 0.3) is 0 Å². The minimum atomic E-state index is -4.54. The second-order valence-corrected chi connectivity index (χ2v) is 10.1. The van der Waals surface area contributed by atoms with E-state index in [0.29, 0.717) is 16.8 Å². The van der Waals surface area contributed by atoms with Crippen LogP contribution in [0.1, 0.15) is 16.8 Å². The van der Waals surface area contributed by atoms with Crippen LogP contribution in [-0.2, 0) is 36.2 Å². The van der Waals surface area contributed by atoms with Crippen LogP contribution in [0.5, 0.6) is 0 Å². The Hall–Kier alpha value is -3.50. The third-order valence-electron chi connectivity index (χ3n) is 4.43. The van der Waals surface area contributed by atoms with Gasteiger partial charge in [-0.3, -0.25) is 9.78 Å². The molecule has 0 fully saturated rings. The molecule has 1 aliphatic rings. The number of hydrogen-bond acceptors (Lipinski definition) is 7. The molecule has 1 amide bonds. The first kappa shape index (κ1) is 24.1. The molecule has 1 aliphatic heterocycles. The number of alkyl halides is 3. The number of anilines is 1. The Morgan fingerprint density at radius 3 is 2.45 bits per heavy atom. The van der Waals surface area contributed by atoms with E-state index in [0.717, 1.165) is 12.3 Å². The van der Waals surface area contributed by atoms with Gasteiger partial charge in [-0.2, -0.15) is 26.9 Å². The van der Waals surface area contributed by atoms with Crippen LogP contribution in [0.2, 0.25) is 0 Å². The van der Waals surface area contributed by atoms with Crippen LogP contribution in [0.15, 0.2) is 58.7 Å². The van der Waals surface area contributed by atoms with E-state index in [1.165, 1.54) is 17.0 Å². The van der Waals surface area contributed by atoms with Crippen molar-refractivity contribution in [2.45, 2.75) is 12.7 Å². The standard InChI is InChI=1S/C20H16F3N5O3S2/c21-20(22,23)18-6-3-15(10-26-18)11-28(16-4-1-14(9-24)2-5-16)8-7-25-19(29)17-12-32(13-27-17)33(30)31/h1-6,10,12-13H,7-8,11H2,(H,25,29). The zero-order valence-electron chi connectivity index (χ0n) is 16.8. The fourth-order valence-electron chi connectivity index (χ4n) is 2.81. The summed E-state index contributed by atoms with van der Waals surface area (Å²) >= 11 is 0. The number of pyridine rings is 1. The highest BCUT2D eigenvalue weighted by molar-refractivity contribution is 8.42. The second kappa shape index (κ2) is 10.4. The first-order valence-electron chi connectivity index (χ1n) is 9.30. The van der Waals surface area contributed by atoms with Crippen LogP contribution in [0.4, 0.5) is 18.9 Å². The molecule has 1 unspecified atom stereocenters. The van der Waals surface area contributed by atoms with Crippen LogP contribution in [0.3, 0.4) is 0 Å². The average molecular weight is 496 g/mol. The molecule has 1 N–H and O–H groups in total. The van der Waals surface area contributed by atoms with Gasteiger partial charge in [-0.15, -0.1) is 0 Å². The molecule has 0 radical (unpaired) electrons. The van der Waals surface area contributed by atoms with Crippen LogP contribution in [0, 0.1) is 11.3 Å². The number of nitriles is 1. The molecule has 3 rings (SSSR count). The first-order chi connectivity index (χ1) is 15.7. The Kier molecular flexibility index (Phi) is 7.62. The van der Waals surface area contributed by atoms with E-state index < -0.39 is 36.5 Å². The molecule has 1 aromatic carbocycles. The first-order valence-corrected chi connectivity index (χ1v) is 12.2. The molecule has 172 valence electrons. The van der Waals surface area contributed by atoms with Crippen LogP contribution >= 0.6 is 0 Å². The summed E-state index contributed by atoms with van der Waals surface area (Å²) < 4.78 is 60.3. The maximum atomic E-state index is 12.8. The molecule has 1 aromatic heterocycles. The third-order valence-corrected chi connectivity index (χ3v) is 7.00. The Balaban J connectivity index is 1.71. The van der Waals surface area contributed by atoms with Crippen molar-refractivity contribution in [1.82, 2.24) is 10.3 Å². The van der Waals surface area contributed by atoms with Crippen molar-refractivity contribution in [3.63, 3.8) is 0 Å². The zero-order valence-corrected chi connectivity index (χ0v) is 18.4. The van der Waals surface area contributed by atoms with Gasteiger partial charge in [0, 0.05) is 46.4 Å². The van der Waals surface area contributed by atoms with Gasteiger partial charge in [0.1, 0.15) is 11.4 Å². The molecule has 0 spiro atoms. The van der Waals surface area contributed by atoms with Gasteiger partial charge in [-0.25, -0.2) is 4.99 Å². The van der Waals surface area contributed by atoms with E-state index in [2.05, 4.69) is 15.3 Å². The van der Waals surface area contributed by atoms with Gasteiger partial charge in [0.15, 0.2) is 0 Å². The fourth-order valence-corrected chi connectivity index (χ4v) is 4.48. The number of carbonyl (C=O) groups excluding carboxylic acids is 1. The summed E-state index contributed by atoms with van der Waals surface area (Å²) in [6, 6.07) is 10.8. The van der Waals surface area contributed by atoms with Crippen molar-refractivity contribution >= 4 is 35.9 Å². The number of aliphatic imine (C=N–C) groups is 1. The van der Waals surface area contributed by atoms with E-state index in [4.69, 9.17) is 5.26 Å². The van der Waals surface area contributed by atoms with Gasteiger partial charge < -0.3 is 10.2 Å². The summed E-state index contributed by atoms with van der Waals surface area (Å²) in [6.07, 6.45) is -3.40. The highest BCUT2D eigenvalue weighted by Crippen LogP contribution is 2.27. The van der Waals surface area contributed by atoms with Crippen molar-refractivity contribution in [2.75, 3.05) is 18.0 Å². The lowest BCUT2D eigenvalue weighted by Crippen LogP contribution is -2.35. The van der Waals surface area contributed by atoms with Gasteiger partial charge in [-0.1, -0.05) is 6.07 Å². The molecule has 0 saturated carbocycles. The van der Waals surface area contributed by atoms with E-state index in [9.17, 15) is 26.4 Å². The molecule has 2 aromatic rings. The quantitative estimate of drug-likeness (QED) is 0.631. The van der Waals surface area contributed by atoms with Gasteiger partial charge in [0.25, 0.3) is 5.91 Å². The highest BCUT2D eigenvalue weighted by atomic mass is 32.9. The maximum absolute atomic E-state index is 12.8. The van der Waals surface area contributed by atoms with E-state index in [-0.39, 0.29) is 25.3 Å². The van der Waals surface area contributed by atoms with Crippen LogP contribution < -0.4 is 10.2 Å². The van der Waals surface area contributed by atoms with E-state index in [1.807, 2.05) is 6.07 Å². The Labute approximate surface area is 190 Å². The topological polar surface area (TPSA) is 116 Å². The van der Waals surface area contributed by atoms with E-state index in [1.54, 1.807) is 29.2 Å². The van der Waals surface area contributed by atoms with Crippen molar-refractivity contribution in [3.05, 3.63) is 70.5 Å². The maximum Gasteiger partial charge on any atom is 0.433 e. The highest BCUT2D eigenvalue weighted by Gasteiger charge is 2.32. The smallest absolute Gasteiger partial charge is 0.365 e. The molecule has 0 aliphatic carbocycles. The largest absolute Gasteiger partial charge is 0.433 e. The van der Waals surface area contributed by atoms with Gasteiger partial charge in [0.2, 0.25) is 9.26 Å². The molecule has 0 bridgehead atoms. The van der Waals surface area contributed by atoms with Gasteiger partial charge >= 0.3 is 6.18 Å². The predicted molar refractivity (Wildman–Crippen MR) is 117 cm³/mol. The molecule has 8 nitrogen and oxygen atoms in total. The van der Waals surface area contributed by atoms with Crippen molar-refractivity contribution in [3.8, 4) is 6.07 Å². The zero-order chi connectivity index (χ0) is 24.0. The number of nitrogens with one attached hydrogen (secondary N) is 1. The molecule has 33 heavy (non-hydrogen) atoms. The summed E-state index contributed by atoms with van der Waals surface area (Å²) in [5.41, 5.74) is 1.83. The Morgan fingerprint density at radius 1 is 1.18 bits per heavy atom. The SMILES string of the molecule is N#Cc1ccc(N(CCNC(=O)C2=CS(=S(=O)=O)C=N2)Cc2ccc(C(F)(F)F)nc2)cc1. The van der Waals surface area contributed by atoms with Crippen molar-refractivity contribution in [1.29, 1.82) is 5.26 Å². The number of hydrogen-bond donors (Lipinski definition) is 1. The van der Waals surface area contributed by atoms with E-state index >= 15 is 0 Å². The number of aromatic nitrogens is 1. The van der Waals surface area contributed by atoms with Crippen LogP contribution in [-0.4, -0.2) is 37.9 Å². The molecule has 1 atom stereocenters. The number of rotatable bonds is 7. The van der Waals surface area contributed by atoms with Gasteiger partial charge in [-0.05, 0) is 35.9 Å². The fraction of sp³-hybridized carbons (Fsp3) is 0.200. The van der Waals surface area contributed by atoms with Gasteiger partial charge in [0.05, 0.1) is 17.2 Å². The Bertz CT molecular complexity index is 1270. The number of nitrogens with zero attached hydrogens (tertiary/aromatic N) is 4. The minimum absolute atomic E-state index is 0.000559. The lowest BCUT2D eigenvalue weighted by atomic mass is 10.2. The summed E-state index contributed by atoms with van der Waals surface area (Å²) in [4.78, 5) is 21.3. The number of amides is 1. The normalized spacial score (nSPS) is 15.0. The summed E-state index contributed by atoms with van der Waals surface area (Å²) in [5.74, 6) is -0.539. The monoisotopic (exact) mass is 495 g/mol. The predicted octanol–water partition coefficient (Wildman–Crippen LogP) is 2.39. The average Bonchev–Trinajstić information content (AvgIpc) is 3.29. The summed E-state index contributed by atoms with van der Waals surface area (Å²) in [6.45, 7) is 0.620. The molecule has 0 saturated heterocycles. The molecule has 2 heterocycles. The number of carbonyl (C=O) groups is 1. The molecule has 13 heteroatoms. The lowest BCUT2D eigenvalue weighted by Gasteiger charge is -2.25. The van der Waals surface area contributed by atoms with Crippen molar-refractivity contribution in [2.24, 2.45) is 4.99 Å². The van der Waals surface area contributed by atoms with Crippen molar-refractivity contribution < 1.29 is 26.4 Å². The Morgan fingerprint density at radius 2 is 1.91 bits per heavy atom. The summed E-state index contributed by atoms with van der Waals surface area (Å²) in [7, 11) is -3.62. The summed E-state index contributed by atoms with van der Waals surface area (Å²) in [5, 5.41) is 12.9. The second-order valence-electron chi connectivity index (χ2n) is 6.66. The minimum Gasteiger partial charge on any atom is -0.365 e. The molecular formula is C20H16F3N5O3S2. The number of benzene rings is 1. The number of halogens is 3. The third kappa shape index (κ3) is 6.50.